The number of aliphatic carboxylic acids is 1. The number of benzene rings is 1. The van der Waals surface area contributed by atoms with Crippen LogP contribution >= 0.6 is 15.9 Å². The number of carboxylic acid groups (broad SMARTS) is 1. The summed E-state index contributed by atoms with van der Waals surface area (Å²) in [5.74, 6) is -1.25. The minimum absolute atomic E-state index is 0.316. The molecule has 0 aliphatic heterocycles. The molecule has 0 amide bonds. The molecule has 0 aliphatic rings. The molecule has 1 aromatic carbocycles. The summed E-state index contributed by atoms with van der Waals surface area (Å²) >= 11 is 3.21. The smallest absolute Gasteiger partial charge is 0.323 e. The van der Waals surface area contributed by atoms with Gasteiger partial charge in [0.2, 0.25) is 0 Å². The molecule has 3 nitrogen and oxygen atoms in total. The summed E-state index contributed by atoms with van der Waals surface area (Å²) in [5, 5.41) is 9.31. The van der Waals surface area contributed by atoms with Crippen molar-refractivity contribution >= 4 is 21.9 Å². The van der Waals surface area contributed by atoms with Gasteiger partial charge in [-0.05, 0) is 39.4 Å². The minimum atomic E-state index is -1.05. The number of carboxylic acids is 1. The van der Waals surface area contributed by atoms with Gasteiger partial charge in [0.1, 0.15) is 11.4 Å². The van der Waals surface area contributed by atoms with E-state index in [1.807, 2.05) is 13.8 Å². The molecule has 0 saturated carbocycles. The van der Waals surface area contributed by atoms with Crippen LogP contribution in [0.5, 0.6) is 0 Å². The largest absolute Gasteiger partial charge is 0.480 e. The van der Waals surface area contributed by atoms with E-state index >= 15 is 0 Å². The average Bonchev–Trinajstić information content (AvgIpc) is 2.28. The van der Waals surface area contributed by atoms with Crippen LogP contribution in [0.15, 0.2) is 22.7 Å². The van der Waals surface area contributed by atoms with Gasteiger partial charge in [0.05, 0.1) is 0 Å². The van der Waals surface area contributed by atoms with Crippen molar-refractivity contribution in [2.45, 2.75) is 39.3 Å². The first kappa shape index (κ1) is 16.1. The van der Waals surface area contributed by atoms with Crippen LogP contribution in [0.1, 0.15) is 39.3 Å². The van der Waals surface area contributed by atoms with E-state index in [-0.39, 0.29) is 11.9 Å². The molecular formula is C14H19BrFNO2. The van der Waals surface area contributed by atoms with E-state index in [9.17, 15) is 14.3 Å². The van der Waals surface area contributed by atoms with Crippen molar-refractivity contribution in [3.05, 3.63) is 34.1 Å². The van der Waals surface area contributed by atoms with Crippen LogP contribution in [0.25, 0.3) is 0 Å². The monoisotopic (exact) mass is 331 g/mol. The fourth-order valence-electron chi connectivity index (χ4n) is 2.28. The van der Waals surface area contributed by atoms with Crippen molar-refractivity contribution in [3.8, 4) is 0 Å². The molecule has 106 valence electrons. The Morgan fingerprint density at radius 2 is 2.11 bits per heavy atom. The minimum Gasteiger partial charge on any atom is -0.480 e. The predicted molar refractivity (Wildman–Crippen MR) is 76.6 cm³/mol. The van der Waals surface area contributed by atoms with E-state index < -0.39 is 11.5 Å². The van der Waals surface area contributed by atoms with Gasteiger partial charge in [0.15, 0.2) is 0 Å². The number of hydrogen-bond donors (Lipinski definition) is 1. The maximum atomic E-state index is 14.0. The molecule has 0 radical (unpaired) electrons. The van der Waals surface area contributed by atoms with Gasteiger partial charge < -0.3 is 5.11 Å². The summed E-state index contributed by atoms with van der Waals surface area (Å²) in [4.78, 5) is 13.1. The van der Waals surface area contributed by atoms with Crippen molar-refractivity contribution in [3.63, 3.8) is 0 Å². The maximum absolute atomic E-state index is 14.0. The van der Waals surface area contributed by atoms with E-state index in [0.29, 0.717) is 16.6 Å². The van der Waals surface area contributed by atoms with Crippen molar-refractivity contribution < 1.29 is 14.3 Å². The highest BCUT2D eigenvalue weighted by molar-refractivity contribution is 9.10. The summed E-state index contributed by atoms with van der Waals surface area (Å²) < 4.78 is 14.7. The summed E-state index contributed by atoms with van der Waals surface area (Å²) in [6.45, 7) is 7.48. The van der Waals surface area contributed by atoms with Gasteiger partial charge in [-0.25, -0.2) is 4.39 Å². The Morgan fingerprint density at radius 3 is 2.53 bits per heavy atom. The highest BCUT2D eigenvalue weighted by Gasteiger charge is 2.37. The molecule has 1 aromatic rings. The Labute approximate surface area is 121 Å². The van der Waals surface area contributed by atoms with Gasteiger partial charge in [0.25, 0.3) is 0 Å². The molecule has 5 heteroatoms. The fraction of sp³-hybridized carbons (Fsp3) is 0.500. The van der Waals surface area contributed by atoms with E-state index in [4.69, 9.17) is 0 Å². The number of carbonyl (C=O) groups is 1. The highest BCUT2D eigenvalue weighted by atomic mass is 79.9. The molecule has 0 spiro atoms. The summed E-state index contributed by atoms with van der Waals surface area (Å²) in [7, 11) is 0. The van der Waals surface area contributed by atoms with E-state index in [1.165, 1.54) is 6.07 Å². The second kappa shape index (κ2) is 6.01. The first-order valence-electron chi connectivity index (χ1n) is 6.16. The van der Waals surface area contributed by atoms with Gasteiger partial charge in [-0.3, -0.25) is 9.69 Å². The molecule has 1 atom stereocenters. The summed E-state index contributed by atoms with van der Waals surface area (Å²) in [6, 6.07) is 4.53. The maximum Gasteiger partial charge on any atom is 0.323 e. The Bertz CT molecular complexity index is 477. The first-order chi connectivity index (χ1) is 8.71. The van der Waals surface area contributed by atoms with E-state index in [2.05, 4.69) is 15.9 Å². The van der Waals surface area contributed by atoms with Gasteiger partial charge in [-0.15, -0.1) is 0 Å². The highest BCUT2D eigenvalue weighted by Crippen LogP contribution is 2.30. The first-order valence-corrected chi connectivity index (χ1v) is 6.96. The van der Waals surface area contributed by atoms with Crippen molar-refractivity contribution in [2.24, 2.45) is 0 Å². The van der Waals surface area contributed by atoms with Crippen LogP contribution in [0.3, 0.4) is 0 Å². The molecule has 1 N–H and O–H groups in total. The molecule has 0 aromatic heterocycles. The van der Waals surface area contributed by atoms with Crippen LogP contribution in [0.2, 0.25) is 0 Å². The quantitative estimate of drug-likeness (QED) is 0.891. The zero-order valence-electron chi connectivity index (χ0n) is 11.6. The molecule has 0 aliphatic carbocycles. The number of rotatable bonds is 5. The second-order valence-corrected chi connectivity index (χ2v) is 5.91. The molecule has 19 heavy (non-hydrogen) atoms. The third-order valence-corrected chi connectivity index (χ3v) is 3.96. The number of nitrogens with zero attached hydrogens (tertiary/aromatic N) is 1. The number of likely N-dealkylation sites (N-methyl/N-ethyl adjacent to an activating group) is 1. The normalized spacial score (nSPS) is 13.6. The third kappa shape index (κ3) is 3.34. The Morgan fingerprint density at radius 1 is 1.53 bits per heavy atom. The summed E-state index contributed by atoms with van der Waals surface area (Å²) in [6.07, 6.45) is 0. The average molecular weight is 332 g/mol. The predicted octanol–water partition coefficient (Wildman–Crippen LogP) is 3.83. The lowest BCUT2D eigenvalue weighted by atomic mass is 9.97. The Hall–Kier alpha value is -0.940. The van der Waals surface area contributed by atoms with Crippen LogP contribution in [-0.2, 0) is 4.79 Å². The zero-order valence-corrected chi connectivity index (χ0v) is 13.2. The molecule has 0 saturated heterocycles. The lowest BCUT2D eigenvalue weighted by Crippen LogP contribution is -2.51. The zero-order chi connectivity index (χ0) is 14.8. The SMILES string of the molecule is CCN(C(C)c1ccc(Br)cc1F)C(C)(C)C(=O)O. The molecular weight excluding hydrogens is 313 g/mol. The van der Waals surface area contributed by atoms with E-state index in [1.54, 1.807) is 30.9 Å². The van der Waals surface area contributed by atoms with Crippen LogP contribution in [-0.4, -0.2) is 28.1 Å². The van der Waals surface area contributed by atoms with Crippen LogP contribution in [0, 0.1) is 5.82 Å². The molecule has 0 fully saturated rings. The van der Waals surface area contributed by atoms with Crippen molar-refractivity contribution in [2.75, 3.05) is 6.54 Å². The van der Waals surface area contributed by atoms with Crippen molar-refractivity contribution in [1.82, 2.24) is 4.90 Å². The van der Waals surface area contributed by atoms with Gasteiger partial charge in [-0.2, -0.15) is 0 Å². The van der Waals surface area contributed by atoms with Gasteiger partial charge in [0, 0.05) is 16.1 Å². The number of hydrogen-bond acceptors (Lipinski definition) is 2. The molecule has 1 unspecified atom stereocenters. The lowest BCUT2D eigenvalue weighted by molar-refractivity contribution is -0.150. The fourth-order valence-corrected chi connectivity index (χ4v) is 2.62. The topological polar surface area (TPSA) is 40.5 Å². The molecule has 0 heterocycles. The van der Waals surface area contributed by atoms with Gasteiger partial charge >= 0.3 is 5.97 Å². The van der Waals surface area contributed by atoms with Crippen molar-refractivity contribution in [1.29, 1.82) is 0 Å². The second-order valence-electron chi connectivity index (χ2n) is 4.99. The number of halogens is 2. The van der Waals surface area contributed by atoms with Gasteiger partial charge in [-0.1, -0.05) is 28.9 Å². The Kier molecular flexibility index (Phi) is 5.10. The van der Waals surface area contributed by atoms with E-state index in [0.717, 1.165) is 0 Å². The van der Waals surface area contributed by atoms with Crippen LogP contribution < -0.4 is 0 Å². The lowest BCUT2D eigenvalue weighted by Gasteiger charge is -2.39. The standard InChI is InChI=1S/C14H19BrFNO2/c1-5-17(14(3,4)13(18)19)9(2)11-7-6-10(15)8-12(11)16/h6-9H,5H2,1-4H3,(H,18,19). The van der Waals surface area contributed by atoms with Crippen LogP contribution in [0.4, 0.5) is 4.39 Å². The summed E-state index contributed by atoms with van der Waals surface area (Å²) in [5.41, 5.74) is -0.549. The Balaban J connectivity index is 3.15. The molecule has 1 rings (SSSR count). The third-order valence-electron chi connectivity index (χ3n) is 3.46. The molecule has 0 bridgehead atoms.